The van der Waals surface area contributed by atoms with Crippen LogP contribution in [-0.4, -0.2) is 55.8 Å². The van der Waals surface area contributed by atoms with Gasteiger partial charge in [-0.05, 0) is 29.8 Å². The molecule has 8 nitrogen and oxygen atoms in total. The number of carbonyl (C=O) groups excluding carboxylic acids is 1. The Bertz CT molecular complexity index is 1130. The van der Waals surface area contributed by atoms with Gasteiger partial charge in [0.2, 0.25) is 0 Å². The third-order valence-electron chi connectivity index (χ3n) is 5.45. The third-order valence-corrected chi connectivity index (χ3v) is 5.45. The number of rotatable bonds is 7. The van der Waals surface area contributed by atoms with E-state index in [1.165, 1.54) is 5.69 Å². The molecule has 8 heteroatoms. The standard InChI is InChI=1S/C25H25N5O3/c1-32-22-17-28-23(16-18-2-8-21(9-3-18)30-12-14-33-15-13-30)29-24(22)19-4-6-20(7-5-19)25(31)27-11-10-26/h2-9,17H,11-16H2,1H3,(H,27,31). The minimum atomic E-state index is -0.293. The summed E-state index contributed by atoms with van der Waals surface area (Å²) < 4.78 is 10.9. The van der Waals surface area contributed by atoms with Gasteiger partial charge in [-0.3, -0.25) is 4.79 Å². The average molecular weight is 444 g/mol. The molecule has 1 saturated heterocycles. The summed E-state index contributed by atoms with van der Waals surface area (Å²) in [5.41, 5.74) is 4.26. The van der Waals surface area contributed by atoms with E-state index in [9.17, 15) is 4.79 Å². The van der Waals surface area contributed by atoms with Crippen molar-refractivity contribution in [2.45, 2.75) is 6.42 Å². The fourth-order valence-corrected chi connectivity index (χ4v) is 3.68. The van der Waals surface area contributed by atoms with Gasteiger partial charge in [-0.2, -0.15) is 5.26 Å². The van der Waals surface area contributed by atoms with Crippen LogP contribution in [0.15, 0.2) is 54.7 Å². The predicted molar refractivity (Wildman–Crippen MR) is 124 cm³/mol. The van der Waals surface area contributed by atoms with Gasteiger partial charge in [0.05, 0.1) is 32.6 Å². The second-order valence-corrected chi connectivity index (χ2v) is 7.56. The molecule has 0 unspecified atom stereocenters. The van der Waals surface area contributed by atoms with E-state index in [-0.39, 0.29) is 12.5 Å². The Morgan fingerprint density at radius 1 is 1.15 bits per heavy atom. The van der Waals surface area contributed by atoms with Gasteiger partial charge in [-0.15, -0.1) is 0 Å². The van der Waals surface area contributed by atoms with Gasteiger partial charge in [-0.25, -0.2) is 9.97 Å². The lowest BCUT2D eigenvalue weighted by Gasteiger charge is -2.28. The first-order valence-corrected chi connectivity index (χ1v) is 10.7. The van der Waals surface area contributed by atoms with Crippen LogP contribution in [0.4, 0.5) is 5.69 Å². The van der Waals surface area contributed by atoms with E-state index in [0.717, 1.165) is 37.4 Å². The molecule has 1 aromatic heterocycles. The second-order valence-electron chi connectivity index (χ2n) is 7.56. The molecule has 0 saturated carbocycles. The zero-order valence-electron chi connectivity index (χ0n) is 18.5. The first-order chi connectivity index (χ1) is 16.2. The van der Waals surface area contributed by atoms with Gasteiger partial charge < -0.3 is 19.7 Å². The minimum Gasteiger partial charge on any atom is -0.493 e. The van der Waals surface area contributed by atoms with Crippen molar-refractivity contribution in [2.75, 3.05) is 44.9 Å². The van der Waals surface area contributed by atoms with E-state index in [2.05, 4.69) is 39.5 Å². The summed E-state index contributed by atoms with van der Waals surface area (Å²) in [5, 5.41) is 11.2. The molecule has 0 radical (unpaired) electrons. The number of hydrogen-bond acceptors (Lipinski definition) is 7. The number of carbonyl (C=O) groups is 1. The van der Waals surface area contributed by atoms with E-state index < -0.39 is 0 Å². The predicted octanol–water partition coefficient (Wildman–Crippen LogP) is 2.83. The van der Waals surface area contributed by atoms with E-state index in [4.69, 9.17) is 19.7 Å². The number of amides is 1. The van der Waals surface area contributed by atoms with Crippen molar-refractivity contribution in [3.05, 3.63) is 71.7 Å². The van der Waals surface area contributed by atoms with Crippen LogP contribution in [-0.2, 0) is 11.2 Å². The fraction of sp³-hybridized carbons (Fsp3) is 0.280. The first-order valence-electron chi connectivity index (χ1n) is 10.7. The van der Waals surface area contributed by atoms with Gasteiger partial charge in [0.1, 0.15) is 18.1 Å². The largest absolute Gasteiger partial charge is 0.493 e. The Kier molecular flexibility index (Phi) is 7.12. The quantitative estimate of drug-likeness (QED) is 0.561. The number of ether oxygens (including phenoxy) is 2. The Hall–Kier alpha value is -3.96. The monoisotopic (exact) mass is 443 g/mol. The van der Waals surface area contributed by atoms with Crippen molar-refractivity contribution in [3.8, 4) is 23.1 Å². The topological polar surface area (TPSA) is 100 Å². The van der Waals surface area contributed by atoms with E-state index >= 15 is 0 Å². The molecule has 3 aromatic rings. The molecule has 2 aromatic carbocycles. The molecule has 1 amide bonds. The second kappa shape index (κ2) is 10.6. The summed E-state index contributed by atoms with van der Waals surface area (Å²) in [6.45, 7) is 3.30. The maximum absolute atomic E-state index is 12.0. The van der Waals surface area contributed by atoms with Crippen LogP contribution in [0, 0.1) is 11.3 Å². The molecule has 1 N–H and O–H groups in total. The zero-order valence-corrected chi connectivity index (χ0v) is 18.5. The maximum atomic E-state index is 12.0. The summed E-state index contributed by atoms with van der Waals surface area (Å²) in [5.74, 6) is 0.947. The molecule has 0 aliphatic carbocycles. The molecule has 0 atom stereocenters. The first kappa shape index (κ1) is 22.2. The molecule has 1 aliphatic rings. The number of morpholine rings is 1. The molecule has 33 heavy (non-hydrogen) atoms. The summed E-state index contributed by atoms with van der Waals surface area (Å²) in [7, 11) is 1.58. The maximum Gasteiger partial charge on any atom is 0.252 e. The van der Waals surface area contributed by atoms with Gasteiger partial charge in [0, 0.05) is 36.3 Å². The third kappa shape index (κ3) is 5.45. The Morgan fingerprint density at radius 3 is 2.55 bits per heavy atom. The normalized spacial score (nSPS) is 13.3. The molecule has 2 heterocycles. The molecule has 4 rings (SSSR count). The number of aromatic nitrogens is 2. The molecule has 1 fully saturated rings. The highest BCUT2D eigenvalue weighted by atomic mass is 16.5. The van der Waals surface area contributed by atoms with Gasteiger partial charge in [-0.1, -0.05) is 24.3 Å². The summed E-state index contributed by atoms with van der Waals surface area (Å²) in [4.78, 5) is 23.6. The highest BCUT2D eigenvalue weighted by Crippen LogP contribution is 2.28. The Labute approximate surface area is 192 Å². The summed E-state index contributed by atoms with van der Waals surface area (Å²) >= 11 is 0. The molecule has 1 aliphatic heterocycles. The lowest BCUT2D eigenvalue weighted by molar-refractivity contribution is 0.0958. The van der Waals surface area contributed by atoms with Crippen LogP contribution in [0.25, 0.3) is 11.3 Å². The van der Waals surface area contributed by atoms with Crippen molar-refractivity contribution in [1.29, 1.82) is 5.26 Å². The van der Waals surface area contributed by atoms with Crippen LogP contribution in [0.1, 0.15) is 21.7 Å². The zero-order chi connectivity index (χ0) is 23.0. The van der Waals surface area contributed by atoms with E-state index in [1.54, 1.807) is 25.4 Å². The number of methoxy groups -OCH3 is 1. The van der Waals surface area contributed by atoms with Crippen molar-refractivity contribution in [2.24, 2.45) is 0 Å². The van der Waals surface area contributed by atoms with E-state index in [0.29, 0.717) is 29.3 Å². The minimum absolute atomic E-state index is 0.0307. The number of nitriles is 1. The van der Waals surface area contributed by atoms with Gasteiger partial charge >= 0.3 is 0 Å². The van der Waals surface area contributed by atoms with Gasteiger partial charge in [0.25, 0.3) is 5.91 Å². The smallest absolute Gasteiger partial charge is 0.252 e. The van der Waals surface area contributed by atoms with Crippen LogP contribution < -0.4 is 15.0 Å². The SMILES string of the molecule is COc1cnc(Cc2ccc(N3CCOCC3)cc2)nc1-c1ccc(C(=O)NCC#N)cc1. The molecule has 0 spiro atoms. The fourth-order valence-electron chi connectivity index (χ4n) is 3.68. The van der Waals surface area contributed by atoms with Crippen LogP contribution in [0.2, 0.25) is 0 Å². The van der Waals surface area contributed by atoms with Crippen molar-refractivity contribution in [1.82, 2.24) is 15.3 Å². The molecule has 168 valence electrons. The highest BCUT2D eigenvalue weighted by Gasteiger charge is 2.14. The molecular weight excluding hydrogens is 418 g/mol. The van der Waals surface area contributed by atoms with Crippen molar-refractivity contribution < 1.29 is 14.3 Å². The number of anilines is 1. The van der Waals surface area contributed by atoms with Crippen molar-refractivity contribution in [3.63, 3.8) is 0 Å². The number of hydrogen-bond donors (Lipinski definition) is 1. The van der Waals surface area contributed by atoms with Crippen LogP contribution in [0.5, 0.6) is 5.75 Å². The number of benzene rings is 2. The Morgan fingerprint density at radius 2 is 1.88 bits per heavy atom. The van der Waals surface area contributed by atoms with Crippen LogP contribution >= 0.6 is 0 Å². The summed E-state index contributed by atoms with van der Waals surface area (Å²) in [6, 6.07) is 17.4. The number of nitrogens with zero attached hydrogens (tertiary/aromatic N) is 4. The molecular formula is C25H25N5O3. The highest BCUT2D eigenvalue weighted by molar-refractivity contribution is 5.94. The average Bonchev–Trinajstić information content (AvgIpc) is 2.88. The van der Waals surface area contributed by atoms with E-state index in [1.807, 2.05) is 18.2 Å². The van der Waals surface area contributed by atoms with Crippen LogP contribution in [0.3, 0.4) is 0 Å². The summed E-state index contributed by atoms with van der Waals surface area (Å²) in [6.07, 6.45) is 2.27. The van der Waals surface area contributed by atoms with Crippen molar-refractivity contribution >= 4 is 11.6 Å². The molecule has 0 bridgehead atoms. The lowest BCUT2D eigenvalue weighted by atomic mass is 10.1. The van der Waals surface area contributed by atoms with Gasteiger partial charge in [0.15, 0.2) is 5.75 Å². The number of nitrogens with one attached hydrogen (secondary N) is 1. The lowest BCUT2D eigenvalue weighted by Crippen LogP contribution is -2.36. The Balaban J connectivity index is 1.51.